The second-order valence-electron chi connectivity index (χ2n) is 9.19. The van der Waals surface area contributed by atoms with Crippen molar-refractivity contribution < 1.29 is 24.1 Å². The van der Waals surface area contributed by atoms with Crippen molar-refractivity contribution in [1.82, 2.24) is 14.5 Å². The van der Waals surface area contributed by atoms with Crippen molar-refractivity contribution in [2.24, 2.45) is 5.92 Å². The average molecular weight is 507 g/mol. The third-order valence-corrected chi connectivity index (χ3v) is 6.47. The first-order chi connectivity index (χ1) is 18.1. The Kier molecular flexibility index (Phi) is 9.42. The number of carbonyl (C=O) groups is 2. The lowest BCUT2D eigenvalue weighted by molar-refractivity contribution is -0.278. The second kappa shape index (κ2) is 13.1. The summed E-state index contributed by atoms with van der Waals surface area (Å²) in [5.41, 5.74) is 1.89. The molecule has 3 aromatic rings. The van der Waals surface area contributed by atoms with Crippen molar-refractivity contribution in [2.45, 2.75) is 38.5 Å². The summed E-state index contributed by atoms with van der Waals surface area (Å²) in [6, 6.07) is 18.7. The highest BCUT2D eigenvalue weighted by Gasteiger charge is 2.35. The Bertz CT molecular complexity index is 1140. The van der Waals surface area contributed by atoms with Crippen molar-refractivity contribution in [2.75, 3.05) is 32.2 Å². The summed E-state index contributed by atoms with van der Waals surface area (Å²) < 4.78 is 7.46. The smallest absolute Gasteiger partial charge is 0.250 e. The van der Waals surface area contributed by atoms with Gasteiger partial charge >= 0.3 is 0 Å². The van der Waals surface area contributed by atoms with Crippen LogP contribution in [0.15, 0.2) is 73.2 Å². The molecule has 0 saturated carbocycles. The maximum Gasteiger partial charge on any atom is 0.250 e. The van der Waals surface area contributed by atoms with E-state index in [4.69, 9.17) is 14.5 Å². The standard InChI is InChI=1S/C28H34N4O5/c1-21(17-36-18-22-10-5-3-6-11-22)27(33)30-25-16-31(20-29-25)26(23-12-7-4-8-13-23)28(34)32-15-9-14-24(32)19-37-35-2/h3-8,10-13,16,20-21,24,26H,9,14-15,17-19H2,1-2H3,(H,30,33). The first kappa shape index (κ1) is 26.5. The Balaban J connectivity index is 1.42. The summed E-state index contributed by atoms with van der Waals surface area (Å²) in [6.07, 6.45) is 5.03. The Hall–Kier alpha value is -3.53. The topological polar surface area (TPSA) is 94.9 Å². The largest absolute Gasteiger partial charge is 0.376 e. The number of anilines is 1. The molecule has 1 fully saturated rings. The Morgan fingerprint density at radius 3 is 2.57 bits per heavy atom. The van der Waals surface area contributed by atoms with Crippen LogP contribution in [0.2, 0.25) is 0 Å². The SMILES string of the molecule is COOCC1CCCN1C(=O)C(c1ccccc1)n1cnc(NC(=O)C(C)COCc2ccccc2)c1. The summed E-state index contributed by atoms with van der Waals surface area (Å²) >= 11 is 0. The molecule has 9 heteroatoms. The van der Waals surface area contributed by atoms with Gasteiger partial charge in [-0.25, -0.2) is 14.8 Å². The fourth-order valence-corrected chi connectivity index (χ4v) is 4.48. The maximum absolute atomic E-state index is 13.8. The van der Waals surface area contributed by atoms with Gasteiger partial charge < -0.3 is 19.5 Å². The molecule has 2 heterocycles. The minimum atomic E-state index is -0.617. The molecule has 9 nitrogen and oxygen atoms in total. The fraction of sp³-hybridized carbons (Fsp3) is 0.393. The molecule has 3 unspecified atom stereocenters. The van der Waals surface area contributed by atoms with Crippen LogP contribution in [0.3, 0.4) is 0 Å². The number of ether oxygens (including phenoxy) is 1. The molecule has 0 bridgehead atoms. The minimum absolute atomic E-state index is 0.0497. The van der Waals surface area contributed by atoms with E-state index in [1.165, 1.54) is 7.11 Å². The van der Waals surface area contributed by atoms with Gasteiger partial charge in [-0.2, -0.15) is 0 Å². The van der Waals surface area contributed by atoms with Crippen molar-refractivity contribution >= 4 is 17.6 Å². The van der Waals surface area contributed by atoms with Crippen molar-refractivity contribution in [3.05, 3.63) is 84.3 Å². The zero-order valence-corrected chi connectivity index (χ0v) is 21.3. The Morgan fingerprint density at radius 1 is 1.11 bits per heavy atom. The maximum atomic E-state index is 13.8. The van der Waals surface area contributed by atoms with E-state index >= 15 is 0 Å². The molecular formula is C28H34N4O5. The number of rotatable bonds is 12. The molecule has 1 aromatic heterocycles. The van der Waals surface area contributed by atoms with Gasteiger partial charge in [0.2, 0.25) is 5.91 Å². The van der Waals surface area contributed by atoms with Crippen molar-refractivity contribution in [1.29, 1.82) is 0 Å². The number of nitrogens with zero attached hydrogens (tertiary/aromatic N) is 3. The van der Waals surface area contributed by atoms with Gasteiger partial charge in [0.1, 0.15) is 12.6 Å². The van der Waals surface area contributed by atoms with Crippen molar-refractivity contribution in [3.63, 3.8) is 0 Å². The summed E-state index contributed by atoms with van der Waals surface area (Å²) in [4.78, 5) is 42.6. The molecule has 2 amide bonds. The Morgan fingerprint density at radius 2 is 1.84 bits per heavy atom. The van der Waals surface area contributed by atoms with Gasteiger partial charge in [-0.05, 0) is 24.0 Å². The van der Waals surface area contributed by atoms with E-state index < -0.39 is 6.04 Å². The summed E-state index contributed by atoms with van der Waals surface area (Å²) in [6.45, 7) is 3.51. The van der Waals surface area contributed by atoms with Crippen LogP contribution in [0.25, 0.3) is 0 Å². The molecule has 1 aliphatic heterocycles. The highest BCUT2D eigenvalue weighted by atomic mass is 17.2. The lowest BCUT2D eigenvalue weighted by Crippen LogP contribution is -2.42. The zero-order valence-electron chi connectivity index (χ0n) is 21.3. The number of hydrogen-bond donors (Lipinski definition) is 1. The molecule has 0 aliphatic carbocycles. The molecular weight excluding hydrogens is 472 g/mol. The number of nitrogens with one attached hydrogen (secondary N) is 1. The predicted octanol–water partition coefficient (Wildman–Crippen LogP) is 3.83. The van der Waals surface area contributed by atoms with Gasteiger partial charge in [0, 0.05) is 12.7 Å². The van der Waals surface area contributed by atoms with Gasteiger partial charge in [0.05, 0.1) is 38.6 Å². The van der Waals surface area contributed by atoms with Crippen LogP contribution in [0.4, 0.5) is 5.82 Å². The van der Waals surface area contributed by atoms with Crippen LogP contribution in [-0.2, 0) is 30.7 Å². The Labute approximate surface area is 217 Å². The van der Waals surface area contributed by atoms with Gasteiger partial charge in [0.15, 0.2) is 5.82 Å². The lowest BCUT2D eigenvalue weighted by atomic mass is 10.0. The van der Waals surface area contributed by atoms with Gasteiger partial charge in [-0.15, -0.1) is 0 Å². The van der Waals surface area contributed by atoms with Crippen LogP contribution >= 0.6 is 0 Å². The zero-order chi connectivity index (χ0) is 26.0. The van der Waals surface area contributed by atoms with Crippen molar-refractivity contribution in [3.8, 4) is 0 Å². The number of hydrogen-bond acceptors (Lipinski definition) is 6. The highest BCUT2D eigenvalue weighted by Crippen LogP contribution is 2.27. The van der Waals surface area contributed by atoms with E-state index in [0.29, 0.717) is 25.6 Å². The minimum Gasteiger partial charge on any atom is -0.376 e. The van der Waals surface area contributed by atoms with E-state index in [0.717, 1.165) is 24.0 Å². The van der Waals surface area contributed by atoms with Crippen LogP contribution in [0.1, 0.15) is 36.9 Å². The molecule has 37 heavy (non-hydrogen) atoms. The quantitative estimate of drug-likeness (QED) is 0.296. The van der Waals surface area contributed by atoms with E-state index in [1.807, 2.05) is 72.5 Å². The summed E-state index contributed by atoms with van der Waals surface area (Å²) in [5, 5.41) is 2.85. The molecule has 1 saturated heterocycles. The first-order valence-electron chi connectivity index (χ1n) is 12.5. The summed E-state index contributed by atoms with van der Waals surface area (Å²) in [7, 11) is 1.46. The molecule has 1 aliphatic rings. The number of aromatic nitrogens is 2. The van der Waals surface area contributed by atoms with E-state index in [-0.39, 0.29) is 30.4 Å². The number of imidazole rings is 1. The molecule has 0 radical (unpaired) electrons. The van der Waals surface area contributed by atoms with Gasteiger partial charge in [-0.1, -0.05) is 67.6 Å². The average Bonchev–Trinajstić information content (AvgIpc) is 3.58. The fourth-order valence-electron chi connectivity index (χ4n) is 4.48. The monoisotopic (exact) mass is 506 g/mol. The van der Waals surface area contributed by atoms with Crippen LogP contribution in [0, 0.1) is 5.92 Å². The summed E-state index contributed by atoms with van der Waals surface area (Å²) in [5.74, 6) is -0.232. The van der Waals surface area contributed by atoms with Crippen LogP contribution in [0.5, 0.6) is 0 Å². The first-order valence-corrected chi connectivity index (χ1v) is 12.5. The van der Waals surface area contributed by atoms with Crippen LogP contribution in [-0.4, -0.2) is 59.2 Å². The third kappa shape index (κ3) is 7.03. The number of carbonyl (C=O) groups excluding carboxylic acids is 2. The van der Waals surface area contributed by atoms with Gasteiger partial charge in [0.25, 0.3) is 5.91 Å². The number of likely N-dealkylation sites (tertiary alicyclic amines) is 1. The molecule has 3 atom stereocenters. The van der Waals surface area contributed by atoms with E-state index in [2.05, 4.69) is 10.3 Å². The third-order valence-electron chi connectivity index (χ3n) is 6.47. The normalized spacial score (nSPS) is 16.9. The lowest BCUT2D eigenvalue weighted by Gasteiger charge is -2.29. The number of benzene rings is 2. The molecule has 196 valence electrons. The highest BCUT2D eigenvalue weighted by molar-refractivity contribution is 5.91. The molecule has 0 spiro atoms. The van der Waals surface area contributed by atoms with E-state index in [9.17, 15) is 9.59 Å². The number of amides is 2. The molecule has 4 rings (SSSR count). The van der Waals surface area contributed by atoms with E-state index in [1.54, 1.807) is 17.1 Å². The van der Waals surface area contributed by atoms with Gasteiger partial charge in [-0.3, -0.25) is 9.59 Å². The predicted molar refractivity (Wildman–Crippen MR) is 138 cm³/mol. The molecule has 2 aromatic carbocycles. The second-order valence-corrected chi connectivity index (χ2v) is 9.19. The van der Waals surface area contributed by atoms with Crippen LogP contribution < -0.4 is 5.32 Å². The molecule has 1 N–H and O–H groups in total.